The van der Waals surface area contributed by atoms with Crippen molar-refractivity contribution in [3.63, 3.8) is 0 Å². The van der Waals surface area contributed by atoms with Crippen molar-refractivity contribution in [3.8, 4) is 11.5 Å². The monoisotopic (exact) mass is 720 g/mol. The van der Waals surface area contributed by atoms with Crippen molar-refractivity contribution in [2.24, 2.45) is 0 Å². The van der Waals surface area contributed by atoms with Gasteiger partial charge in [-0.2, -0.15) is 0 Å². The van der Waals surface area contributed by atoms with E-state index in [0.29, 0.717) is 66.5 Å². The van der Waals surface area contributed by atoms with Gasteiger partial charge in [-0.25, -0.2) is 9.59 Å². The number of benzene rings is 3. The average Bonchev–Trinajstić information content (AvgIpc) is 3.08. The molecule has 0 radical (unpaired) electrons. The SMILES string of the molecule is COc1cc(C(=O)N(C)c2ccccc2COCCCNC(=O)OC(C)(C)C)ccc1NC(=O)c1ccccc1OCCCNC(=O)OC(C)(C)C. The normalized spacial score (nSPS) is 11.2. The van der Waals surface area contributed by atoms with Crippen molar-refractivity contribution in [3.05, 3.63) is 83.4 Å². The number of nitrogens with zero attached hydrogens (tertiary/aromatic N) is 1. The molecule has 3 N–H and O–H groups in total. The zero-order valence-corrected chi connectivity index (χ0v) is 31.4. The summed E-state index contributed by atoms with van der Waals surface area (Å²) in [5, 5.41) is 8.24. The van der Waals surface area contributed by atoms with E-state index in [1.54, 1.807) is 91.1 Å². The quantitative estimate of drug-likeness (QED) is 0.133. The number of para-hydroxylation sites is 2. The van der Waals surface area contributed by atoms with Gasteiger partial charge in [-0.3, -0.25) is 9.59 Å². The number of ether oxygens (including phenoxy) is 5. The number of carbonyl (C=O) groups excluding carboxylic acids is 4. The fraction of sp³-hybridized carbons (Fsp3) is 0.436. The molecule has 13 nitrogen and oxygen atoms in total. The van der Waals surface area contributed by atoms with E-state index in [9.17, 15) is 19.2 Å². The maximum Gasteiger partial charge on any atom is 0.407 e. The van der Waals surface area contributed by atoms with Gasteiger partial charge in [0.1, 0.15) is 22.7 Å². The van der Waals surface area contributed by atoms with Gasteiger partial charge < -0.3 is 44.5 Å². The molecule has 0 fully saturated rings. The highest BCUT2D eigenvalue weighted by Crippen LogP contribution is 2.29. The molecule has 0 atom stereocenters. The van der Waals surface area contributed by atoms with E-state index in [1.807, 2.05) is 24.3 Å². The highest BCUT2D eigenvalue weighted by atomic mass is 16.6. The van der Waals surface area contributed by atoms with Crippen molar-refractivity contribution >= 4 is 35.4 Å². The summed E-state index contributed by atoms with van der Waals surface area (Å²) in [6.07, 6.45) is 0.112. The van der Waals surface area contributed by atoms with Gasteiger partial charge in [0.25, 0.3) is 11.8 Å². The molecule has 282 valence electrons. The number of anilines is 2. The van der Waals surface area contributed by atoms with Crippen LogP contribution in [-0.2, 0) is 20.8 Å². The van der Waals surface area contributed by atoms with Crippen LogP contribution in [0.4, 0.5) is 21.0 Å². The molecule has 0 saturated heterocycles. The number of hydrogen-bond donors (Lipinski definition) is 3. The molecular weight excluding hydrogens is 668 g/mol. The van der Waals surface area contributed by atoms with Crippen molar-refractivity contribution in [1.82, 2.24) is 10.6 Å². The topological polar surface area (TPSA) is 154 Å². The molecule has 3 aromatic rings. The van der Waals surface area contributed by atoms with Crippen molar-refractivity contribution in [2.45, 2.75) is 72.2 Å². The third kappa shape index (κ3) is 13.8. The lowest BCUT2D eigenvalue weighted by Gasteiger charge is -2.22. The maximum absolute atomic E-state index is 13.6. The van der Waals surface area contributed by atoms with Crippen LogP contribution < -0.4 is 30.3 Å². The molecule has 13 heteroatoms. The fourth-order valence-electron chi connectivity index (χ4n) is 4.78. The first-order chi connectivity index (χ1) is 24.6. The van der Waals surface area contributed by atoms with Crippen LogP contribution in [0.3, 0.4) is 0 Å². The van der Waals surface area contributed by atoms with Gasteiger partial charge in [0, 0.05) is 43.6 Å². The Labute approximate surface area is 306 Å². The first-order valence-corrected chi connectivity index (χ1v) is 17.2. The Bertz CT molecular complexity index is 1660. The van der Waals surface area contributed by atoms with Gasteiger partial charge in [-0.1, -0.05) is 30.3 Å². The molecule has 0 unspecified atom stereocenters. The second kappa shape index (κ2) is 19.3. The molecule has 0 spiro atoms. The predicted molar refractivity (Wildman–Crippen MR) is 199 cm³/mol. The van der Waals surface area contributed by atoms with E-state index >= 15 is 0 Å². The summed E-state index contributed by atoms with van der Waals surface area (Å²) >= 11 is 0. The highest BCUT2D eigenvalue weighted by Gasteiger charge is 2.21. The Morgan fingerprint density at radius 1 is 0.731 bits per heavy atom. The summed E-state index contributed by atoms with van der Waals surface area (Å²) in [6, 6.07) is 19.1. The van der Waals surface area contributed by atoms with Crippen LogP contribution in [0.5, 0.6) is 11.5 Å². The van der Waals surface area contributed by atoms with Gasteiger partial charge in [0.2, 0.25) is 0 Å². The Balaban J connectivity index is 1.58. The van der Waals surface area contributed by atoms with Gasteiger partial charge in [-0.05, 0) is 90.8 Å². The van der Waals surface area contributed by atoms with Crippen LogP contribution in [0.2, 0.25) is 0 Å². The van der Waals surface area contributed by atoms with E-state index < -0.39 is 29.3 Å². The smallest absolute Gasteiger partial charge is 0.407 e. The Morgan fingerprint density at radius 3 is 1.96 bits per heavy atom. The van der Waals surface area contributed by atoms with Gasteiger partial charge in [0.15, 0.2) is 0 Å². The molecule has 52 heavy (non-hydrogen) atoms. The molecule has 3 aromatic carbocycles. The Kier molecular flexibility index (Phi) is 15.3. The minimum absolute atomic E-state index is 0.260. The molecule has 3 rings (SSSR count). The van der Waals surface area contributed by atoms with Gasteiger partial charge in [-0.15, -0.1) is 0 Å². The summed E-state index contributed by atoms with van der Waals surface area (Å²) in [6.45, 7) is 12.5. The molecule has 0 aliphatic carbocycles. The number of amides is 4. The van der Waals surface area contributed by atoms with Crippen LogP contribution in [-0.4, -0.2) is 75.7 Å². The molecule has 0 aliphatic heterocycles. The van der Waals surface area contributed by atoms with E-state index in [0.717, 1.165) is 5.56 Å². The van der Waals surface area contributed by atoms with Crippen LogP contribution in [0.25, 0.3) is 0 Å². The molecular formula is C39H52N4O9. The van der Waals surface area contributed by atoms with E-state index in [4.69, 9.17) is 23.7 Å². The lowest BCUT2D eigenvalue weighted by Crippen LogP contribution is -2.33. The predicted octanol–water partition coefficient (Wildman–Crippen LogP) is 6.95. The van der Waals surface area contributed by atoms with Crippen LogP contribution in [0, 0.1) is 0 Å². The molecule has 0 aromatic heterocycles. The van der Waals surface area contributed by atoms with E-state index in [2.05, 4.69) is 16.0 Å². The van der Waals surface area contributed by atoms with Crippen LogP contribution in [0.15, 0.2) is 66.7 Å². The second-order valence-electron chi connectivity index (χ2n) is 13.8. The number of rotatable bonds is 16. The Hall–Kier alpha value is -5.30. The van der Waals surface area contributed by atoms with Crippen LogP contribution >= 0.6 is 0 Å². The minimum atomic E-state index is -0.586. The minimum Gasteiger partial charge on any atom is -0.495 e. The molecule has 0 heterocycles. The van der Waals surface area contributed by atoms with Crippen molar-refractivity contribution in [2.75, 3.05) is 50.7 Å². The second-order valence-corrected chi connectivity index (χ2v) is 13.8. The summed E-state index contributed by atoms with van der Waals surface area (Å²) in [5.41, 5.74) is 1.37. The van der Waals surface area contributed by atoms with Gasteiger partial charge in [0.05, 0.1) is 31.6 Å². The number of methoxy groups -OCH3 is 1. The number of hydrogen-bond acceptors (Lipinski definition) is 9. The standard InChI is InChI=1S/C39H52N4O9/c1-38(2,3)51-36(46)40-21-13-23-49-26-28-15-9-11-17-31(28)43(7)35(45)27-19-20-30(33(25-27)48-8)42-34(44)29-16-10-12-18-32(29)50-24-14-22-41-37(47)52-39(4,5)6/h9-12,15-20,25H,13-14,21-24,26H2,1-8H3,(H,40,46)(H,41,47)(H,42,44). The molecule has 4 amide bonds. The van der Waals surface area contributed by atoms with E-state index in [1.165, 1.54) is 12.0 Å². The largest absolute Gasteiger partial charge is 0.495 e. The molecule has 0 aliphatic rings. The van der Waals surface area contributed by atoms with Crippen molar-refractivity contribution in [1.29, 1.82) is 0 Å². The lowest BCUT2D eigenvalue weighted by molar-refractivity contribution is 0.0509. The summed E-state index contributed by atoms with van der Waals surface area (Å²) in [5.74, 6) is -0.0304. The molecule has 0 bridgehead atoms. The average molecular weight is 721 g/mol. The lowest BCUT2D eigenvalue weighted by atomic mass is 10.1. The number of nitrogens with one attached hydrogen (secondary N) is 3. The Morgan fingerprint density at radius 2 is 1.33 bits per heavy atom. The van der Waals surface area contributed by atoms with Crippen molar-refractivity contribution < 1.29 is 42.9 Å². The molecule has 0 saturated carbocycles. The third-order valence-corrected chi connectivity index (χ3v) is 7.12. The fourth-order valence-corrected chi connectivity index (χ4v) is 4.78. The number of carbonyl (C=O) groups is 4. The third-order valence-electron chi connectivity index (χ3n) is 7.12. The first kappa shape index (κ1) is 41.1. The van der Waals surface area contributed by atoms with E-state index in [-0.39, 0.29) is 19.1 Å². The number of alkyl carbamates (subject to hydrolysis) is 2. The highest BCUT2D eigenvalue weighted by molar-refractivity contribution is 6.09. The van der Waals surface area contributed by atoms with Crippen LogP contribution in [0.1, 0.15) is 80.7 Å². The zero-order valence-electron chi connectivity index (χ0n) is 31.4. The maximum atomic E-state index is 13.6. The van der Waals surface area contributed by atoms with Gasteiger partial charge >= 0.3 is 12.2 Å². The summed E-state index contributed by atoms with van der Waals surface area (Å²) in [4.78, 5) is 52.2. The summed E-state index contributed by atoms with van der Waals surface area (Å²) < 4.78 is 27.7. The zero-order chi connectivity index (χ0) is 38.3. The summed E-state index contributed by atoms with van der Waals surface area (Å²) in [7, 11) is 3.14. The first-order valence-electron chi connectivity index (χ1n) is 17.2.